The summed E-state index contributed by atoms with van der Waals surface area (Å²) in [5, 5.41) is 18.0. The molecule has 2 aromatic carbocycles. The van der Waals surface area contributed by atoms with Crippen LogP contribution in [0.5, 0.6) is 5.75 Å². The second-order valence-electron chi connectivity index (χ2n) is 5.16. The van der Waals surface area contributed by atoms with E-state index in [1.54, 1.807) is 0 Å². The van der Waals surface area contributed by atoms with E-state index in [4.69, 9.17) is 14.3 Å². The third-order valence-electron chi connectivity index (χ3n) is 3.50. The molecule has 25 heavy (non-hydrogen) atoms. The SMILES string of the molecule is CC(=O)Oc1cccc2oc3cc(C(=O)O)cc(C(=O)O)c3c(=O)c12. The van der Waals surface area contributed by atoms with Gasteiger partial charge in [0.2, 0.25) is 5.43 Å². The van der Waals surface area contributed by atoms with E-state index in [0.717, 1.165) is 19.1 Å². The average molecular weight is 342 g/mol. The van der Waals surface area contributed by atoms with Crippen LogP contribution in [0.2, 0.25) is 0 Å². The van der Waals surface area contributed by atoms with Crippen molar-refractivity contribution in [1.29, 1.82) is 0 Å². The predicted octanol–water partition coefficient (Wildman–Crippen LogP) is 2.27. The van der Waals surface area contributed by atoms with Gasteiger partial charge in [-0.25, -0.2) is 9.59 Å². The van der Waals surface area contributed by atoms with Gasteiger partial charge in [0.15, 0.2) is 0 Å². The van der Waals surface area contributed by atoms with Gasteiger partial charge in [0.25, 0.3) is 0 Å². The number of rotatable bonds is 3. The molecule has 3 rings (SSSR count). The first-order valence-electron chi connectivity index (χ1n) is 6.98. The molecule has 126 valence electrons. The lowest BCUT2D eigenvalue weighted by molar-refractivity contribution is -0.131. The van der Waals surface area contributed by atoms with Gasteiger partial charge < -0.3 is 19.4 Å². The number of carboxylic acid groups (broad SMARTS) is 2. The molecule has 0 bridgehead atoms. The molecule has 0 aliphatic carbocycles. The second-order valence-corrected chi connectivity index (χ2v) is 5.16. The maximum atomic E-state index is 12.8. The van der Waals surface area contributed by atoms with Crippen molar-refractivity contribution in [2.45, 2.75) is 6.92 Å². The number of hydrogen-bond acceptors (Lipinski definition) is 6. The summed E-state index contributed by atoms with van der Waals surface area (Å²) in [6.45, 7) is 1.16. The Kier molecular flexibility index (Phi) is 3.72. The minimum Gasteiger partial charge on any atom is -0.478 e. The van der Waals surface area contributed by atoms with Gasteiger partial charge in [-0.05, 0) is 24.3 Å². The third kappa shape index (κ3) is 2.69. The van der Waals surface area contributed by atoms with Gasteiger partial charge in [-0.1, -0.05) is 6.07 Å². The monoisotopic (exact) mass is 342 g/mol. The average Bonchev–Trinajstić information content (AvgIpc) is 2.53. The van der Waals surface area contributed by atoms with Gasteiger partial charge in [0, 0.05) is 6.92 Å². The van der Waals surface area contributed by atoms with Crippen LogP contribution in [0.3, 0.4) is 0 Å². The van der Waals surface area contributed by atoms with Crippen molar-refractivity contribution in [2.75, 3.05) is 0 Å². The largest absolute Gasteiger partial charge is 0.478 e. The van der Waals surface area contributed by atoms with Gasteiger partial charge in [0.05, 0.1) is 16.5 Å². The van der Waals surface area contributed by atoms with Crippen LogP contribution in [0.25, 0.3) is 21.9 Å². The molecule has 0 aliphatic heterocycles. The van der Waals surface area contributed by atoms with Crippen LogP contribution in [0.15, 0.2) is 39.5 Å². The number of carbonyl (C=O) groups is 3. The van der Waals surface area contributed by atoms with E-state index < -0.39 is 28.9 Å². The Morgan fingerprint density at radius 1 is 1.00 bits per heavy atom. The highest BCUT2D eigenvalue weighted by molar-refractivity contribution is 6.08. The van der Waals surface area contributed by atoms with E-state index in [9.17, 15) is 24.3 Å². The molecule has 0 radical (unpaired) electrons. The highest BCUT2D eigenvalue weighted by atomic mass is 16.5. The first-order chi connectivity index (χ1) is 11.8. The Balaban J connectivity index is 2.52. The van der Waals surface area contributed by atoms with Crippen LogP contribution in [0, 0.1) is 0 Å². The minimum absolute atomic E-state index is 0.0372. The summed E-state index contributed by atoms with van der Waals surface area (Å²) in [7, 11) is 0. The zero-order chi connectivity index (χ0) is 18.3. The van der Waals surface area contributed by atoms with E-state index in [0.29, 0.717) is 0 Å². The molecule has 0 amide bonds. The topological polar surface area (TPSA) is 131 Å². The molecule has 2 N–H and O–H groups in total. The molecule has 0 fully saturated rings. The van der Waals surface area contributed by atoms with Gasteiger partial charge in [-0.2, -0.15) is 0 Å². The van der Waals surface area contributed by atoms with Crippen LogP contribution >= 0.6 is 0 Å². The summed E-state index contributed by atoms with van der Waals surface area (Å²) in [6, 6.07) is 6.23. The van der Waals surface area contributed by atoms with Crippen LogP contribution in [-0.4, -0.2) is 28.1 Å². The molecule has 8 nitrogen and oxygen atoms in total. The molecule has 0 saturated carbocycles. The zero-order valence-corrected chi connectivity index (χ0v) is 12.7. The number of hydrogen-bond donors (Lipinski definition) is 2. The van der Waals surface area contributed by atoms with Gasteiger partial charge in [0.1, 0.15) is 22.3 Å². The Hall–Kier alpha value is -3.68. The van der Waals surface area contributed by atoms with E-state index in [1.807, 2.05) is 0 Å². The van der Waals surface area contributed by atoms with Crippen LogP contribution < -0.4 is 10.2 Å². The Labute approximate surface area is 138 Å². The number of benzene rings is 2. The predicted molar refractivity (Wildman–Crippen MR) is 85.2 cm³/mol. The van der Waals surface area contributed by atoms with Gasteiger partial charge >= 0.3 is 17.9 Å². The van der Waals surface area contributed by atoms with Crippen molar-refractivity contribution in [3.63, 3.8) is 0 Å². The maximum absolute atomic E-state index is 12.8. The smallest absolute Gasteiger partial charge is 0.336 e. The molecular formula is C17H10O8. The number of aromatic carboxylic acids is 2. The fourth-order valence-corrected chi connectivity index (χ4v) is 2.53. The normalized spacial score (nSPS) is 10.8. The molecule has 3 aromatic rings. The van der Waals surface area contributed by atoms with E-state index in [2.05, 4.69) is 0 Å². The number of esters is 1. The summed E-state index contributed by atoms with van der Waals surface area (Å²) in [5.41, 5.74) is -1.72. The fraction of sp³-hybridized carbons (Fsp3) is 0.0588. The quantitative estimate of drug-likeness (QED) is 0.421. The lowest BCUT2D eigenvalue weighted by atomic mass is 10.0. The summed E-state index contributed by atoms with van der Waals surface area (Å²) in [4.78, 5) is 46.7. The molecule has 0 spiro atoms. The molecule has 1 aromatic heterocycles. The number of carboxylic acids is 2. The van der Waals surface area contributed by atoms with Crippen molar-refractivity contribution in [3.8, 4) is 5.75 Å². The Morgan fingerprint density at radius 3 is 2.32 bits per heavy atom. The number of ether oxygens (including phenoxy) is 1. The lowest BCUT2D eigenvalue weighted by Crippen LogP contribution is -2.12. The van der Waals surface area contributed by atoms with Crippen LogP contribution in [0.4, 0.5) is 0 Å². The fourth-order valence-electron chi connectivity index (χ4n) is 2.53. The highest BCUT2D eigenvalue weighted by Gasteiger charge is 2.21. The summed E-state index contributed by atoms with van der Waals surface area (Å²) < 4.78 is 10.5. The van der Waals surface area contributed by atoms with Crippen molar-refractivity contribution < 1.29 is 33.8 Å². The summed E-state index contributed by atoms with van der Waals surface area (Å²) in [5.74, 6) is -3.57. The van der Waals surface area contributed by atoms with Crippen molar-refractivity contribution in [3.05, 3.63) is 51.7 Å². The van der Waals surface area contributed by atoms with Crippen LogP contribution in [-0.2, 0) is 4.79 Å². The minimum atomic E-state index is -1.48. The summed E-state index contributed by atoms with van der Waals surface area (Å²) >= 11 is 0. The molecule has 1 heterocycles. The Morgan fingerprint density at radius 2 is 1.72 bits per heavy atom. The molecule has 8 heteroatoms. The highest BCUT2D eigenvalue weighted by Crippen LogP contribution is 2.28. The van der Waals surface area contributed by atoms with Crippen LogP contribution in [0.1, 0.15) is 27.6 Å². The van der Waals surface area contributed by atoms with E-state index >= 15 is 0 Å². The number of fused-ring (bicyclic) bond motifs is 2. The molecule has 0 atom stereocenters. The molecule has 0 aliphatic rings. The van der Waals surface area contributed by atoms with Gasteiger partial charge in [-0.15, -0.1) is 0 Å². The standard InChI is InChI=1S/C17H10O8/c1-7(18)24-10-3-2-4-11-14(10)15(19)13-9(17(22)23)5-8(16(20)21)6-12(13)25-11/h2-6H,1H3,(H,20,21)(H,22,23). The maximum Gasteiger partial charge on any atom is 0.336 e. The first-order valence-corrected chi connectivity index (χ1v) is 6.98. The van der Waals surface area contributed by atoms with Crippen molar-refractivity contribution in [2.24, 2.45) is 0 Å². The lowest BCUT2D eigenvalue weighted by Gasteiger charge is -2.08. The molecule has 0 saturated heterocycles. The summed E-state index contributed by atoms with van der Waals surface area (Å²) in [6.07, 6.45) is 0. The van der Waals surface area contributed by atoms with E-state index in [1.165, 1.54) is 18.2 Å². The Bertz CT molecular complexity index is 1120. The molecule has 0 unspecified atom stereocenters. The van der Waals surface area contributed by atoms with E-state index in [-0.39, 0.29) is 33.3 Å². The third-order valence-corrected chi connectivity index (χ3v) is 3.50. The number of carbonyl (C=O) groups excluding carboxylic acids is 1. The zero-order valence-electron chi connectivity index (χ0n) is 12.7. The van der Waals surface area contributed by atoms with Crippen molar-refractivity contribution in [1.82, 2.24) is 0 Å². The van der Waals surface area contributed by atoms with Crippen molar-refractivity contribution >= 4 is 39.8 Å². The first kappa shape index (κ1) is 16.2. The van der Waals surface area contributed by atoms with Gasteiger partial charge in [-0.3, -0.25) is 9.59 Å². The second kappa shape index (κ2) is 5.75. The molecular weight excluding hydrogens is 332 g/mol.